The molecule has 0 radical (unpaired) electrons. The summed E-state index contributed by atoms with van der Waals surface area (Å²) >= 11 is 5.69. The number of anilines is 1. The van der Waals surface area contributed by atoms with E-state index < -0.39 is 0 Å². The Labute approximate surface area is 81.2 Å². The third kappa shape index (κ3) is 3.21. The highest BCUT2D eigenvalue weighted by Gasteiger charge is 1.91. The van der Waals surface area contributed by atoms with E-state index in [0.29, 0.717) is 10.9 Å². The summed E-state index contributed by atoms with van der Waals surface area (Å²) < 4.78 is 0. The highest BCUT2D eigenvalue weighted by molar-refractivity contribution is 6.30. The van der Waals surface area contributed by atoms with Crippen LogP contribution in [0.4, 0.5) is 5.69 Å². The third-order valence-electron chi connectivity index (χ3n) is 1.38. The van der Waals surface area contributed by atoms with Crippen molar-refractivity contribution in [3.63, 3.8) is 0 Å². The van der Waals surface area contributed by atoms with Gasteiger partial charge >= 0.3 is 0 Å². The number of amidine groups is 1. The molecule has 1 aromatic carbocycles. The average molecular weight is 200 g/mol. The number of hydrazine groups is 1. The lowest BCUT2D eigenvalue weighted by atomic mass is 10.3. The summed E-state index contributed by atoms with van der Waals surface area (Å²) in [4.78, 5) is 0. The van der Waals surface area contributed by atoms with Gasteiger partial charge in [0.1, 0.15) is 0 Å². The van der Waals surface area contributed by atoms with Crippen LogP contribution in [0.3, 0.4) is 0 Å². The first-order valence-electron chi connectivity index (χ1n) is 3.68. The van der Waals surface area contributed by atoms with Gasteiger partial charge in [0.15, 0.2) is 5.84 Å². The van der Waals surface area contributed by atoms with Crippen molar-refractivity contribution in [1.29, 1.82) is 0 Å². The standard InChI is InChI=1S/C8H10ClN3O/c1-6(12-13)10-11-8-4-2-7(9)3-5-8/h2-5,11,13H,1H3,(H,10,12). The number of rotatable bonds is 2. The van der Waals surface area contributed by atoms with Crippen LogP contribution in [-0.2, 0) is 0 Å². The molecule has 0 amide bonds. The van der Waals surface area contributed by atoms with E-state index in [4.69, 9.17) is 16.8 Å². The van der Waals surface area contributed by atoms with E-state index in [2.05, 4.69) is 16.0 Å². The van der Waals surface area contributed by atoms with Crippen LogP contribution >= 0.6 is 11.6 Å². The fraction of sp³-hybridized carbons (Fsp3) is 0.125. The predicted molar refractivity (Wildman–Crippen MR) is 53.1 cm³/mol. The number of oxime groups is 1. The summed E-state index contributed by atoms with van der Waals surface area (Å²) in [6, 6.07) is 7.13. The van der Waals surface area contributed by atoms with Gasteiger partial charge in [0.05, 0.1) is 5.69 Å². The zero-order valence-electron chi connectivity index (χ0n) is 7.08. The fourth-order valence-electron chi connectivity index (χ4n) is 0.721. The summed E-state index contributed by atoms with van der Waals surface area (Å²) in [5.41, 5.74) is 6.34. The van der Waals surface area contributed by atoms with E-state index in [1.165, 1.54) is 0 Å². The van der Waals surface area contributed by atoms with E-state index in [9.17, 15) is 0 Å². The maximum atomic E-state index is 8.32. The van der Waals surface area contributed by atoms with Crippen LogP contribution in [-0.4, -0.2) is 11.0 Å². The lowest BCUT2D eigenvalue weighted by Crippen LogP contribution is -2.26. The Balaban J connectivity index is 2.51. The molecule has 0 aromatic heterocycles. The van der Waals surface area contributed by atoms with Crippen LogP contribution in [0.1, 0.15) is 6.92 Å². The number of nitrogens with one attached hydrogen (secondary N) is 2. The smallest absolute Gasteiger partial charge is 0.156 e. The van der Waals surface area contributed by atoms with Crippen LogP contribution in [0.2, 0.25) is 5.02 Å². The molecule has 70 valence electrons. The van der Waals surface area contributed by atoms with Gasteiger partial charge in [-0.2, -0.15) is 0 Å². The van der Waals surface area contributed by atoms with Crippen molar-refractivity contribution in [2.24, 2.45) is 5.16 Å². The molecule has 1 rings (SSSR count). The van der Waals surface area contributed by atoms with Gasteiger partial charge in [-0.25, -0.2) is 0 Å². The van der Waals surface area contributed by atoms with Crippen molar-refractivity contribution < 1.29 is 5.21 Å². The first kappa shape index (κ1) is 9.67. The Morgan fingerprint density at radius 1 is 1.38 bits per heavy atom. The van der Waals surface area contributed by atoms with E-state index in [1.807, 2.05) is 0 Å². The van der Waals surface area contributed by atoms with Crippen molar-refractivity contribution in [1.82, 2.24) is 5.43 Å². The molecule has 0 saturated heterocycles. The molecule has 0 atom stereocenters. The Bertz CT molecular complexity index is 297. The molecule has 13 heavy (non-hydrogen) atoms. The van der Waals surface area contributed by atoms with E-state index >= 15 is 0 Å². The van der Waals surface area contributed by atoms with Crippen LogP contribution in [0.5, 0.6) is 0 Å². The maximum Gasteiger partial charge on any atom is 0.156 e. The molecule has 3 N–H and O–H groups in total. The molecule has 0 aliphatic carbocycles. The molecule has 0 bridgehead atoms. The normalized spacial score (nSPS) is 11.1. The quantitative estimate of drug-likeness (QED) is 0.296. The molecule has 1 aromatic rings. The van der Waals surface area contributed by atoms with Crippen molar-refractivity contribution in [3.8, 4) is 0 Å². The first-order valence-corrected chi connectivity index (χ1v) is 4.06. The summed E-state index contributed by atoms with van der Waals surface area (Å²) in [5.74, 6) is 0.384. The Hall–Kier alpha value is -1.42. The van der Waals surface area contributed by atoms with Gasteiger partial charge in [0, 0.05) is 5.02 Å². The van der Waals surface area contributed by atoms with Gasteiger partial charge in [-0.15, -0.1) is 0 Å². The number of nitrogens with zero attached hydrogens (tertiary/aromatic N) is 1. The highest BCUT2D eigenvalue weighted by atomic mass is 35.5. The number of benzene rings is 1. The predicted octanol–water partition coefficient (Wildman–Crippen LogP) is 2.06. The zero-order chi connectivity index (χ0) is 9.68. The van der Waals surface area contributed by atoms with Gasteiger partial charge in [-0.1, -0.05) is 16.8 Å². The summed E-state index contributed by atoms with van der Waals surface area (Å²) in [5, 5.41) is 11.9. The molecule has 0 fully saturated rings. The third-order valence-corrected chi connectivity index (χ3v) is 1.63. The topological polar surface area (TPSA) is 56.7 Å². The van der Waals surface area contributed by atoms with Crippen LogP contribution in [0, 0.1) is 0 Å². The van der Waals surface area contributed by atoms with Gasteiger partial charge in [0.2, 0.25) is 0 Å². The Morgan fingerprint density at radius 3 is 2.54 bits per heavy atom. The fourth-order valence-corrected chi connectivity index (χ4v) is 0.847. The number of halogens is 1. The lowest BCUT2D eigenvalue weighted by molar-refractivity contribution is 0.316. The molecule has 5 heteroatoms. The van der Waals surface area contributed by atoms with Gasteiger partial charge in [0.25, 0.3) is 0 Å². The summed E-state index contributed by atoms with van der Waals surface area (Å²) in [7, 11) is 0. The van der Waals surface area contributed by atoms with Crippen LogP contribution < -0.4 is 10.9 Å². The molecular weight excluding hydrogens is 190 g/mol. The highest BCUT2D eigenvalue weighted by Crippen LogP contribution is 2.12. The summed E-state index contributed by atoms with van der Waals surface area (Å²) in [6.07, 6.45) is 0. The molecule has 0 heterocycles. The second-order valence-corrected chi connectivity index (χ2v) is 2.88. The first-order chi connectivity index (χ1) is 6.22. The van der Waals surface area contributed by atoms with E-state index in [1.54, 1.807) is 31.2 Å². The SMILES string of the molecule is C/C(=N\O)NNc1ccc(Cl)cc1. The minimum absolute atomic E-state index is 0.384. The molecule has 0 aliphatic rings. The zero-order valence-corrected chi connectivity index (χ0v) is 7.84. The number of hydrogen-bond acceptors (Lipinski definition) is 3. The largest absolute Gasteiger partial charge is 0.409 e. The summed E-state index contributed by atoms with van der Waals surface area (Å²) in [6.45, 7) is 1.63. The second-order valence-electron chi connectivity index (χ2n) is 2.44. The lowest BCUT2D eigenvalue weighted by Gasteiger charge is -2.07. The molecule has 4 nitrogen and oxygen atoms in total. The van der Waals surface area contributed by atoms with Crippen molar-refractivity contribution in [2.45, 2.75) is 6.92 Å². The molecule has 0 aliphatic heterocycles. The minimum Gasteiger partial charge on any atom is -0.409 e. The van der Waals surface area contributed by atoms with Gasteiger partial charge in [-0.05, 0) is 31.2 Å². The molecule has 0 spiro atoms. The van der Waals surface area contributed by atoms with Crippen molar-refractivity contribution >= 4 is 23.1 Å². The van der Waals surface area contributed by atoms with Crippen molar-refractivity contribution in [2.75, 3.05) is 5.43 Å². The molecular formula is C8H10ClN3O. The Morgan fingerprint density at radius 2 is 2.00 bits per heavy atom. The van der Waals surface area contributed by atoms with Crippen molar-refractivity contribution in [3.05, 3.63) is 29.3 Å². The average Bonchev–Trinajstić information content (AvgIpc) is 2.16. The molecule has 0 saturated carbocycles. The van der Waals surface area contributed by atoms with Gasteiger partial charge in [-0.3, -0.25) is 10.9 Å². The number of hydrogen-bond donors (Lipinski definition) is 3. The molecule has 0 unspecified atom stereocenters. The minimum atomic E-state index is 0.384. The van der Waals surface area contributed by atoms with Crippen LogP contribution in [0.15, 0.2) is 29.4 Å². The van der Waals surface area contributed by atoms with Crippen LogP contribution in [0.25, 0.3) is 0 Å². The van der Waals surface area contributed by atoms with E-state index in [-0.39, 0.29) is 0 Å². The maximum absolute atomic E-state index is 8.32. The van der Waals surface area contributed by atoms with E-state index in [0.717, 1.165) is 5.69 Å². The monoisotopic (exact) mass is 199 g/mol. The Kier molecular flexibility index (Phi) is 3.40. The second kappa shape index (κ2) is 4.57. The van der Waals surface area contributed by atoms with Gasteiger partial charge < -0.3 is 5.21 Å².